The Bertz CT molecular complexity index is 1540. The van der Waals surface area contributed by atoms with Gasteiger partial charge in [-0.25, -0.2) is 24.2 Å². The van der Waals surface area contributed by atoms with Gasteiger partial charge in [0.25, 0.3) is 17.7 Å². The second kappa shape index (κ2) is 10.3. The van der Waals surface area contributed by atoms with Crippen molar-refractivity contribution in [3.8, 4) is 0 Å². The molecule has 2 saturated heterocycles. The molecule has 2 aromatic heterocycles. The van der Waals surface area contributed by atoms with Gasteiger partial charge in [-0.1, -0.05) is 81.6 Å². The number of aromatic nitrogens is 4. The first-order chi connectivity index (χ1) is 19.1. The number of anilines is 1. The average molecular weight is 769 g/mol. The lowest BCUT2D eigenvalue weighted by molar-refractivity contribution is -0.247. The molecule has 2 amide bonds. The van der Waals surface area contributed by atoms with E-state index >= 15 is 4.39 Å². The fourth-order valence-electron chi connectivity index (χ4n) is 4.91. The van der Waals surface area contributed by atoms with E-state index in [2.05, 4.69) is 15.0 Å². The Morgan fingerprint density at radius 1 is 0.925 bits per heavy atom. The van der Waals surface area contributed by atoms with Crippen molar-refractivity contribution in [1.29, 1.82) is 0 Å². The molecule has 206 valence electrons. The topological polar surface area (TPSA) is 109 Å². The Labute approximate surface area is 255 Å². The van der Waals surface area contributed by atoms with Crippen LogP contribution in [-0.4, -0.2) is 57.1 Å². The van der Waals surface area contributed by atoms with Crippen LogP contribution in [0, 0.1) is 0 Å². The van der Waals surface area contributed by atoms with Crippen LogP contribution in [0.15, 0.2) is 73.3 Å². The minimum absolute atomic E-state index is 0.0166. The van der Waals surface area contributed by atoms with Crippen LogP contribution in [0.2, 0.25) is 0 Å². The van der Waals surface area contributed by atoms with Crippen LogP contribution in [0.1, 0.15) is 40.8 Å². The molecule has 0 spiro atoms. The van der Waals surface area contributed by atoms with Crippen LogP contribution in [0.3, 0.4) is 0 Å². The van der Waals surface area contributed by atoms with Crippen molar-refractivity contribution >= 4 is 74.0 Å². The van der Waals surface area contributed by atoms with Crippen molar-refractivity contribution in [1.82, 2.24) is 19.5 Å². The number of fused-ring (bicyclic) bond motifs is 2. The molecule has 10 nitrogen and oxygen atoms in total. The maximum absolute atomic E-state index is 16.2. The van der Waals surface area contributed by atoms with E-state index in [0.717, 1.165) is 4.90 Å². The van der Waals surface area contributed by atoms with Gasteiger partial charge in [-0.15, -0.1) is 0 Å². The summed E-state index contributed by atoms with van der Waals surface area (Å²) in [7, 11) is 0. The van der Waals surface area contributed by atoms with Gasteiger partial charge in [0.2, 0.25) is 0 Å². The zero-order valence-electron chi connectivity index (χ0n) is 21.1. The molecular weight excluding hydrogens is 747 g/mol. The molecule has 0 radical (unpaired) electrons. The van der Waals surface area contributed by atoms with E-state index in [1.807, 2.05) is 45.2 Å². The molecule has 4 aromatic rings. The molecule has 0 N–H and O–H groups in total. The maximum Gasteiger partial charge on any atom is 0.266 e. The summed E-state index contributed by atoms with van der Waals surface area (Å²) in [5, 5.41) is 0. The molecule has 4 atom stereocenters. The number of hydrogen-bond acceptors (Lipinski definition) is 8. The molecule has 4 heterocycles. The van der Waals surface area contributed by atoms with Gasteiger partial charge in [-0.05, 0) is 38.1 Å². The molecule has 0 aliphatic carbocycles. The predicted octanol–water partition coefficient (Wildman–Crippen LogP) is 5.22. The Morgan fingerprint density at radius 2 is 1.52 bits per heavy atom. The highest BCUT2D eigenvalue weighted by Gasteiger charge is 2.66. The van der Waals surface area contributed by atoms with Gasteiger partial charge >= 0.3 is 0 Å². The number of carbonyl (C=O) groups excluding carboxylic acids is 2. The van der Waals surface area contributed by atoms with Crippen LogP contribution in [0.5, 0.6) is 0 Å². The summed E-state index contributed by atoms with van der Waals surface area (Å²) in [6.07, 6.45) is -0.154. The first-order valence-corrected chi connectivity index (χ1v) is 14.8. The van der Waals surface area contributed by atoms with E-state index in [9.17, 15) is 9.59 Å². The summed E-state index contributed by atoms with van der Waals surface area (Å²) in [4.78, 5) is 41.6. The van der Waals surface area contributed by atoms with Gasteiger partial charge < -0.3 is 14.2 Å². The van der Waals surface area contributed by atoms with E-state index in [1.165, 1.54) is 17.2 Å². The quantitative estimate of drug-likeness (QED) is 0.155. The van der Waals surface area contributed by atoms with Gasteiger partial charge in [0.05, 0.1) is 6.33 Å². The van der Waals surface area contributed by atoms with Crippen LogP contribution in [0.4, 0.5) is 10.2 Å². The number of benzene rings is 2. The second-order valence-electron chi connectivity index (χ2n) is 9.73. The number of imide groups is 1. The first-order valence-electron chi connectivity index (χ1n) is 12.3. The van der Waals surface area contributed by atoms with Gasteiger partial charge in [0.1, 0.15) is 14.4 Å². The van der Waals surface area contributed by atoms with Crippen molar-refractivity contribution in [3.63, 3.8) is 0 Å². The van der Waals surface area contributed by atoms with E-state index in [4.69, 9.17) is 14.2 Å². The van der Waals surface area contributed by atoms with Crippen molar-refractivity contribution in [3.05, 3.63) is 84.4 Å². The molecule has 0 bridgehead atoms. The largest absolute Gasteiger partial charge is 0.340 e. The SMILES string of the molecule is CC1(C)O[C@H]2[C@H](n3cnc4c(N(C(=O)c5ccccc5)C(=O)c5ccccc5)ncnc43)O[C@@](F)(C(I)I)[C@H]2O1. The summed E-state index contributed by atoms with van der Waals surface area (Å²) < 4.78 is 35.0. The van der Waals surface area contributed by atoms with Crippen LogP contribution >= 0.6 is 45.2 Å². The predicted molar refractivity (Wildman–Crippen MR) is 159 cm³/mol. The molecular formula is C27H22FI2N5O5. The normalized spacial score (nSPS) is 25.3. The van der Waals surface area contributed by atoms with E-state index in [-0.39, 0.29) is 28.1 Å². The highest BCUT2D eigenvalue weighted by Crippen LogP contribution is 2.53. The van der Waals surface area contributed by atoms with Crippen LogP contribution < -0.4 is 4.90 Å². The Kier molecular flexibility index (Phi) is 7.13. The number of imidazole rings is 1. The zero-order valence-corrected chi connectivity index (χ0v) is 25.5. The summed E-state index contributed by atoms with van der Waals surface area (Å²) >= 11 is 3.91. The molecule has 2 aliphatic rings. The van der Waals surface area contributed by atoms with Crippen molar-refractivity contribution in [2.45, 2.75) is 45.9 Å². The number of amides is 2. The standard InChI is InChI=1S/C27H22FI2N5O5/c1-26(2)38-18-19(39-26)27(28,25(29)30)40-24(18)34-14-33-17-20(34)31-13-32-21(17)35(22(36)15-9-5-3-6-10-15)23(37)16-11-7-4-8-12-16/h3-14,18-19,24-25H,1-2H3/t18-,19+,24-,27-/m1/s1. The molecule has 6 rings (SSSR count). The number of nitrogens with zero attached hydrogens (tertiary/aromatic N) is 5. The molecule has 40 heavy (non-hydrogen) atoms. The van der Waals surface area contributed by atoms with Gasteiger partial charge in [0, 0.05) is 11.1 Å². The average Bonchev–Trinajstić information content (AvgIpc) is 3.60. The maximum atomic E-state index is 16.2. The lowest BCUT2D eigenvalue weighted by Gasteiger charge is -2.29. The van der Waals surface area contributed by atoms with Gasteiger partial charge in [-0.2, -0.15) is 0 Å². The van der Waals surface area contributed by atoms with Crippen molar-refractivity contribution in [2.24, 2.45) is 0 Å². The van der Waals surface area contributed by atoms with Gasteiger partial charge in [0.15, 0.2) is 35.1 Å². The molecule has 2 fully saturated rings. The number of alkyl halides is 3. The highest BCUT2D eigenvalue weighted by molar-refractivity contribution is 14.2. The van der Waals surface area contributed by atoms with Crippen molar-refractivity contribution in [2.75, 3.05) is 4.90 Å². The molecule has 0 unspecified atom stereocenters. The summed E-state index contributed by atoms with van der Waals surface area (Å²) in [5.41, 5.74) is 0.967. The summed E-state index contributed by atoms with van der Waals surface area (Å²) in [6.45, 7) is 3.43. The Balaban J connectivity index is 1.47. The van der Waals surface area contributed by atoms with Crippen molar-refractivity contribution < 1.29 is 28.2 Å². The monoisotopic (exact) mass is 769 g/mol. The summed E-state index contributed by atoms with van der Waals surface area (Å²) in [6, 6.07) is 16.8. The van der Waals surface area contributed by atoms with Gasteiger partial charge in [-0.3, -0.25) is 14.2 Å². The molecule has 2 aromatic carbocycles. The minimum atomic E-state index is -2.16. The fraction of sp³-hybridized carbons (Fsp3) is 0.296. The number of carbonyl (C=O) groups is 2. The number of rotatable bonds is 5. The van der Waals surface area contributed by atoms with Crippen LogP contribution in [-0.2, 0) is 14.2 Å². The Hall–Kier alpha value is -2.60. The lowest BCUT2D eigenvalue weighted by atomic mass is 10.1. The van der Waals surface area contributed by atoms with E-state index in [0.29, 0.717) is 0 Å². The minimum Gasteiger partial charge on any atom is -0.340 e. The first kappa shape index (κ1) is 27.6. The van der Waals surface area contributed by atoms with E-state index < -0.39 is 43.8 Å². The number of hydrogen-bond donors (Lipinski definition) is 0. The molecule has 0 saturated carbocycles. The lowest BCUT2D eigenvalue weighted by Crippen LogP contribution is -2.43. The Morgan fingerprint density at radius 3 is 2.10 bits per heavy atom. The van der Waals surface area contributed by atoms with Crippen LogP contribution in [0.25, 0.3) is 11.2 Å². The number of halogens is 3. The fourth-order valence-corrected chi connectivity index (χ4v) is 5.91. The number of ether oxygens (including phenoxy) is 3. The second-order valence-corrected chi connectivity index (χ2v) is 14.6. The molecule has 13 heteroatoms. The highest BCUT2D eigenvalue weighted by atomic mass is 127. The zero-order chi connectivity index (χ0) is 28.2. The molecule has 2 aliphatic heterocycles. The van der Waals surface area contributed by atoms with E-state index in [1.54, 1.807) is 74.5 Å². The third-order valence-corrected chi connectivity index (χ3v) is 8.37. The summed E-state index contributed by atoms with van der Waals surface area (Å²) in [5.74, 6) is -4.38. The third-order valence-electron chi connectivity index (χ3n) is 6.67. The smallest absolute Gasteiger partial charge is 0.266 e. The third kappa shape index (κ3) is 4.60.